The summed E-state index contributed by atoms with van der Waals surface area (Å²) in [5, 5.41) is 77.1. The molecule has 0 aromatic heterocycles. The van der Waals surface area contributed by atoms with Gasteiger partial charge >= 0.3 is 0 Å². The van der Waals surface area contributed by atoms with E-state index in [2.05, 4.69) is 0 Å². The average Bonchev–Trinajstić information content (AvgIpc) is 2.55. The van der Waals surface area contributed by atoms with Crippen LogP contribution in [0.4, 0.5) is 0 Å². The molecule has 0 unspecified atom stereocenters. The third-order valence-corrected chi connectivity index (χ3v) is 4.49. The van der Waals surface area contributed by atoms with Gasteiger partial charge in [0.25, 0.3) is 0 Å². The molecule has 1 aliphatic carbocycles. The van der Waals surface area contributed by atoms with Crippen molar-refractivity contribution in [2.45, 2.75) is 61.5 Å². The molecule has 10 heteroatoms. The minimum atomic E-state index is -1.64. The van der Waals surface area contributed by atoms with Gasteiger partial charge in [0.2, 0.25) is 0 Å². The van der Waals surface area contributed by atoms with Crippen molar-refractivity contribution in [3.05, 3.63) is 0 Å². The van der Waals surface area contributed by atoms with Crippen molar-refractivity contribution >= 4 is 0 Å². The lowest BCUT2D eigenvalue weighted by atomic mass is 9.81. The fraction of sp³-hybridized carbons (Fsp3) is 1.00. The number of ether oxygens (including phenoxy) is 2. The Labute approximate surface area is 132 Å². The average molecular weight is 340 g/mol. The molecule has 10 atom stereocenters. The monoisotopic (exact) mass is 340 g/mol. The molecule has 0 aromatic rings. The van der Waals surface area contributed by atoms with Gasteiger partial charge in [0, 0.05) is 12.5 Å². The number of aliphatic hydroxyl groups is 8. The molecule has 1 saturated carbocycles. The molecule has 0 amide bonds. The number of rotatable bonds is 4. The van der Waals surface area contributed by atoms with Crippen LogP contribution in [0.15, 0.2) is 0 Å². The van der Waals surface area contributed by atoms with Gasteiger partial charge in [-0.05, 0) is 6.42 Å². The van der Waals surface area contributed by atoms with E-state index in [9.17, 15) is 35.7 Å². The van der Waals surface area contributed by atoms with E-state index in [-0.39, 0.29) is 6.42 Å². The Morgan fingerprint density at radius 2 is 1.35 bits per heavy atom. The summed E-state index contributed by atoms with van der Waals surface area (Å²) in [6.45, 7) is -1.07. The Bertz CT molecular complexity index is 344. The van der Waals surface area contributed by atoms with E-state index >= 15 is 0 Å². The van der Waals surface area contributed by atoms with E-state index in [0.717, 1.165) is 0 Å². The third kappa shape index (κ3) is 3.66. The molecule has 0 bridgehead atoms. The van der Waals surface area contributed by atoms with Gasteiger partial charge in [-0.25, -0.2) is 0 Å². The summed E-state index contributed by atoms with van der Waals surface area (Å²) in [5.74, 6) is -0.747. The first-order chi connectivity index (χ1) is 10.8. The quantitative estimate of drug-likeness (QED) is 0.247. The molecule has 0 aromatic carbocycles. The molecule has 2 fully saturated rings. The predicted octanol–water partition coefficient (Wildman–Crippen LogP) is -4.73. The van der Waals surface area contributed by atoms with Crippen LogP contribution in [0.1, 0.15) is 6.42 Å². The standard InChI is InChI=1S/C13H24O10/c14-2-4-1-5(8(17)10(19)7(4)16)22-13-12(21)11(20)9(18)6(3-15)23-13/h4-21H,1-3H2/t4-,5+,6-,7-,8+,9-,10+,11+,12+,13+/m1/s1. The van der Waals surface area contributed by atoms with Gasteiger partial charge in [-0.3, -0.25) is 0 Å². The van der Waals surface area contributed by atoms with Crippen molar-refractivity contribution in [1.29, 1.82) is 0 Å². The highest BCUT2D eigenvalue weighted by molar-refractivity contribution is 4.95. The fourth-order valence-corrected chi connectivity index (χ4v) is 2.95. The lowest BCUT2D eigenvalue weighted by molar-refractivity contribution is -0.326. The van der Waals surface area contributed by atoms with Crippen LogP contribution in [0.25, 0.3) is 0 Å². The van der Waals surface area contributed by atoms with Crippen LogP contribution in [-0.2, 0) is 9.47 Å². The molecule has 8 N–H and O–H groups in total. The van der Waals surface area contributed by atoms with Crippen molar-refractivity contribution < 1.29 is 50.3 Å². The van der Waals surface area contributed by atoms with Crippen molar-refractivity contribution in [3.63, 3.8) is 0 Å². The molecule has 1 saturated heterocycles. The van der Waals surface area contributed by atoms with E-state index in [0.29, 0.717) is 0 Å². The van der Waals surface area contributed by atoms with Gasteiger partial charge < -0.3 is 50.3 Å². The number of hydrogen-bond donors (Lipinski definition) is 8. The lowest BCUT2D eigenvalue weighted by Crippen LogP contribution is -2.62. The summed E-state index contributed by atoms with van der Waals surface area (Å²) >= 11 is 0. The lowest BCUT2D eigenvalue weighted by Gasteiger charge is -2.44. The summed E-state index contributed by atoms with van der Waals surface area (Å²) in [4.78, 5) is 0. The Hall–Kier alpha value is -0.400. The van der Waals surface area contributed by atoms with Crippen molar-refractivity contribution in [1.82, 2.24) is 0 Å². The number of aliphatic hydroxyl groups excluding tert-OH is 8. The molecule has 0 radical (unpaired) electrons. The first-order valence-corrected chi connectivity index (χ1v) is 7.42. The van der Waals surface area contributed by atoms with Crippen LogP contribution in [0.2, 0.25) is 0 Å². The number of hydrogen-bond acceptors (Lipinski definition) is 10. The second-order valence-corrected chi connectivity index (χ2v) is 6.02. The van der Waals surface area contributed by atoms with Gasteiger partial charge in [-0.15, -0.1) is 0 Å². The minimum absolute atomic E-state index is 0.0229. The largest absolute Gasteiger partial charge is 0.396 e. The maximum Gasteiger partial charge on any atom is 0.187 e. The van der Waals surface area contributed by atoms with Crippen LogP contribution < -0.4 is 0 Å². The molecule has 136 valence electrons. The summed E-state index contributed by atoms with van der Waals surface area (Å²) < 4.78 is 10.5. The van der Waals surface area contributed by atoms with E-state index in [4.69, 9.17) is 14.6 Å². The molecular weight excluding hydrogens is 316 g/mol. The van der Waals surface area contributed by atoms with Crippen LogP contribution in [0.3, 0.4) is 0 Å². The van der Waals surface area contributed by atoms with Gasteiger partial charge in [0.1, 0.15) is 36.6 Å². The van der Waals surface area contributed by atoms with E-state index in [1.807, 2.05) is 0 Å². The molecule has 10 nitrogen and oxygen atoms in total. The molecule has 0 spiro atoms. The van der Waals surface area contributed by atoms with Crippen LogP contribution in [-0.4, -0.2) is 109 Å². The first kappa shape index (κ1) is 18.9. The van der Waals surface area contributed by atoms with Gasteiger partial charge in [0.15, 0.2) is 6.29 Å². The second-order valence-electron chi connectivity index (χ2n) is 6.02. The molecule has 1 heterocycles. The Morgan fingerprint density at radius 1 is 0.739 bits per heavy atom. The Balaban J connectivity index is 2.07. The van der Waals surface area contributed by atoms with E-state index in [1.165, 1.54) is 0 Å². The summed E-state index contributed by atoms with van der Waals surface area (Å²) in [6, 6.07) is 0. The summed E-state index contributed by atoms with van der Waals surface area (Å²) in [7, 11) is 0. The normalized spacial score (nSPS) is 51.7. The van der Waals surface area contributed by atoms with Crippen molar-refractivity contribution in [2.24, 2.45) is 5.92 Å². The smallest absolute Gasteiger partial charge is 0.187 e. The highest BCUT2D eigenvalue weighted by Crippen LogP contribution is 2.31. The zero-order valence-electron chi connectivity index (χ0n) is 12.3. The van der Waals surface area contributed by atoms with Gasteiger partial charge in [-0.1, -0.05) is 0 Å². The fourth-order valence-electron chi connectivity index (χ4n) is 2.95. The van der Waals surface area contributed by atoms with Crippen molar-refractivity contribution in [3.8, 4) is 0 Å². The molecule has 2 aliphatic rings. The van der Waals surface area contributed by atoms with Crippen LogP contribution >= 0.6 is 0 Å². The topological polar surface area (TPSA) is 180 Å². The minimum Gasteiger partial charge on any atom is -0.396 e. The SMILES string of the molecule is OC[C@H]1C[C@H](O[C@H]2O[C@H](CO)[C@@H](O)[C@H](O)[C@@H]2O)[C@H](O)[C@@H](O)[C@@H]1O. The van der Waals surface area contributed by atoms with E-state index in [1.54, 1.807) is 0 Å². The first-order valence-electron chi connectivity index (χ1n) is 7.42. The highest BCUT2D eigenvalue weighted by Gasteiger charge is 2.48. The molecule has 23 heavy (non-hydrogen) atoms. The zero-order chi connectivity index (χ0) is 17.3. The molecular formula is C13H24O10. The Morgan fingerprint density at radius 3 is 1.91 bits per heavy atom. The van der Waals surface area contributed by atoms with Crippen molar-refractivity contribution in [2.75, 3.05) is 13.2 Å². The van der Waals surface area contributed by atoms with Gasteiger partial charge in [-0.2, -0.15) is 0 Å². The maximum absolute atomic E-state index is 9.96. The van der Waals surface area contributed by atoms with E-state index < -0.39 is 74.3 Å². The third-order valence-electron chi connectivity index (χ3n) is 4.49. The van der Waals surface area contributed by atoms with Crippen LogP contribution in [0, 0.1) is 5.92 Å². The molecule has 1 aliphatic heterocycles. The predicted molar refractivity (Wildman–Crippen MR) is 71.9 cm³/mol. The van der Waals surface area contributed by atoms with Gasteiger partial charge in [0.05, 0.1) is 18.8 Å². The Kier molecular flexibility index (Phi) is 6.30. The summed E-state index contributed by atoms with van der Waals surface area (Å²) in [5.41, 5.74) is 0. The molecule has 2 rings (SSSR count). The zero-order valence-corrected chi connectivity index (χ0v) is 12.3. The summed E-state index contributed by atoms with van der Waals surface area (Å²) in [6.07, 6.45) is -12.9. The van der Waals surface area contributed by atoms with Crippen LogP contribution in [0.5, 0.6) is 0 Å². The second kappa shape index (κ2) is 7.66. The highest BCUT2D eigenvalue weighted by atomic mass is 16.7. The maximum atomic E-state index is 9.96.